The largest absolute Gasteiger partial charge is 0.410 e. The predicted molar refractivity (Wildman–Crippen MR) is 56.5 cm³/mol. The first-order chi connectivity index (χ1) is 6.14. The molecule has 0 heterocycles. The van der Waals surface area contributed by atoms with Crippen molar-refractivity contribution in [1.82, 2.24) is 0 Å². The van der Waals surface area contributed by atoms with Crippen molar-refractivity contribution in [3.63, 3.8) is 0 Å². The lowest BCUT2D eigenvalue weighted by molar-refractivity contribution is 0.586. The van der Waals surface area contributed by atoms with Crippen molar-refractivity contribution in [2.75, 3.05) is 0 Å². The monoisotopic (exact) mass is 186 g/mol. The fraction of sp³-hybridized carbons (Fsp3) is 0.0909. The molecule has 1 aromatic rings. The van der Waals surface area contributed by atoms with E-state index < -0.39 is 8.32 Å². The first kappa shape index (κ1) is 9.60. The van der Waals surface area contributed by atoms with E-state index in [1.165, 1.54) is 0 Å². The van der Waals surface area contributed by atoms with Crippen LogP contribution in [0.5, 0.6) is 0 Å². The molecule has 0 saturated carbocycles. The van der Waals surface area contributed by atoms with Gasteiger partial charge < -0.3 is 4.80 Å². The predicted octanol–water partition coefficient (Wildman–Crippen LogP) is 0.485. The van der Waals surface area contributed by atoms with Gasteiger partial charge in [-0.1, -0.05) is 35.4 Å². The number of hydrogen-bond acceptors (Lipinski definition) is 1. The summed E-state index contributed by atoms with van der Waals surface area (Å²) >= 11 is 0. The third-order valence-corrected chi connectivity index (χ3v) is 4.13. The van der Waals surface area contributed by atoms with Gasteiger partial charge in [-0.25, -0.2) is 0 Å². The molecule has 0 saturated heterocycles. The van der Waals surface area contributed by atoms with Crippen molar-refractivity contribution in [2.24, 2.45) is 0 Å². The van der Waals surface area contributed by atoms with E-state index in [1.807, 2.05) is 25.1 Å². The molecular formula is C11H10OSi. The van der Waals surface area contributed by atoms with Crippen molar-refractivity contribution in [2.45, 2.75) is 6.92 Å². The van der Waals surface area contributed by atoms with Crippen LogP contribution in [0.3, 0.4) is 0 Å². The summed E-state index contributed by atoms with van der Waals surface area (Å²) in [5, 5.41) is 0.736. The molecule has 13 heavy (non-hydrogen) atoms. The van der Waals surface area contributed by atoms with Crippen molar-refractivity contribution in [3.8, 4) is 23.9 Å². The molecule has 1 rings (SSSR count). The minimum Gasteiger partial charge on any atom is -0.410 e. The number of terminal acetylenes is 2. The average molecular weight is 186 g/mol. The third kappa shape index (κ3) is 1.65. The van der Waals surface area contributed by atoms with E-state index in [0.29, 0.717) is 0 Å². The van der Waals surface area contributed by atoms with Gasteiger partial charge >= 0.3 is 8.32 Å². The van der Waals surface area contributed by atoms with E-state index in [9.17, 15) is 4.80 Å². The first-order valence-corrected chi connectivity index (χ1v) is 5.83. The van der Waals surface area contributed by atoms with Crippen molar-refractivity contribution >= 4 is 13.5 Å². The zero-order valence-corrected chi connectivity index (χ0v) is 8.41. The minimum atomic E-state index is -3.06. The molecule has 0 aliphatic carbocycles. The van der Waals surface area contributed by atoms with Crippen LogP contribution in [-0.2, 0) is 0 Å². The Morgan fingerprint density at radius 2 is 1.77 bits per heavy atom. The molecule has 0 bridgehead atoms. The molecule has 1 N–H and O–H groups in total. The van der Waals surface area contributed by atoms with Crippen molar-refractivity contribution in [3.05, 3.63) is 29.8 Å². The Morgan fingerprint density at radius 3 is 2.23 bits per heavy atom. The van der Waals surface area contributed by atoms with Crippen LogP contribution in [0.15, 0.2) is 24.3 Å². The van der Waals surface area contributed by atoms with Crippen LogP contribution in [0.1, 0.15) is 5.56 Å². The molecule has 1 nitrogen and oxygen atoms in total. The van der Waals surface area contributed by atoms with Gasteiger partial charge in [0.15, 0.2) is 0 Å². The lowest BCUT2D eigenvalue weighted by Crippen LogP contribution is -2.47. The van der Waals surface area contributed by atoms with Gasteiger partial charge in [-0.15, -0.1) is 12.8 Å². The highest BCUT2D eigenvalue weighted by atomic mass is 28.4. The summed E-state index contributed by atoms with van der Waals surface area (Å²) in [4.78, 5) is 9.95. The lowest BCUT2D eigenvalue weighted by Gasteiger charge is -2.13. The van der Waals surface area contributed by atoms with Crippen LogP contribution in [-0.4, -0.2) is 13.1 Å². The van der Waals surface area contributed by atoms with Crippen LogP contribution in [0.4, 0.5) is 0 Å². The molecule has 0 aliphatic rings. The van der Waals surface area contributed by atoms with Gasteiger partial charge in [0.2, 0.25) is 0 Å². The van der Waals surface area contributed by atoms with Gasteiger partial charge in [0, 0.05) is 0 Å². The molecule has 0 aliphatic heterocycles. The Balaban J connectivity index is 3.33. The fourth-order valence-corrected chi connectivity index (χ4v) is 2.56. The van der Waals surface area contributed by atoms with Crippen LogP contribution < -0.4 is 5.19 Å². The van der Waals surface area contributed by atoms with E-state index in [4.69, 9.17) is 12.8 Å². The van der Waals surface area contributed by atoms with Crippen molar-refractivity contribution in [1.29, 1.82) is 0 Å². The quantitative estimate of drug-likeness (QED) is 0.500. The highest BCUT2D eigenvalue weighted by molar-refractivity contribution is 6.98. The Kier molecular flexibility index (Phi) is 2.58. The number of hydrogen-bond donors (Lipinski definition) is 1. The molecule has 0 spiro atoms. The smallest absolute Gasteiger partial charge is 0.384 e. The maximum atomic E-state index is 9.95. The number of rotatable bonds is 1. The summed E-state index contributed by atoms with van der Waals surface area (Å²) in [6, 6.07) is 7.40. The van der Waals surface area contributed by atoms with Crippen LogP contribution in [0.2, 0.25) is 0 Å². The maximum Gasteiger partial charge on any atom is 0.384 e. The van der Waals surface area contributed by atoms with Gasteiger partial charge in [0.1, 0.15) is 0 Å². The average Bonchev–Trinajstić information content (AvgIpc) is 2.17. The van der Waals surface area contributed by atoms with Crippen LogP contribution >= 0.6 is 0 Å². The standard InChI is InChI=1S/C11H10OSi/c1-4-13(12,5-2)11-9-7-6-8-10(11)3/h1-2,6-9,12H,3H3. The summed E-state index contributed by atoms with van der Waals surface area (Å²) < 4.78 is 0. The highest BCUT2D eigenvalue weighted by Crippen LogP contribution is 2.01. The number of aryl methyl sites for hydroxylation is 1. The highest BCUT2D eigenvalue weighted by Gasteiger charge is 2.30. The number of benzene rings is 1. The summed E-state index contributed by atoms with van der Waals surface area (Å²) in [6.07, 6.45) is 10.5. The van der Waals surface area contributed by atoms with E-state index in [1.54, 1.807) is 6.07 Å². The van der Waals surface area contributed by atoms with E-state index in [2.05, 4.69) is 11.1 Å². The Bertz CT molecular complexity index is 381. The van der Waals surface area contributed by atoms with E-state index in [0.717, 1.165) is 10.8 Å². The minimum absolute atomic E-state index is 0.736. The summed E-state index contributed by atoms with van der Waals surface area (Å²) in [7, 11) is -3.06. The first-order valence-electron chi connectivity index (χ1n) is 3.88. The third-order valence-electron chi connectivity index (χ3n) is 1.95. The molecule has 0 unspecified atom stereocenters. The molecule has 2 heteroatoms. The zero-order chi connectivity index (χ0) is 9.90. The van der Waals surface area contributed by atoms with Gasteiger partial charge in [-0.2, -0.15) is 0 Å². The van der Waals surface area contributed by atoms with E-state index >= 15 is 0 Å². The van der Waals surface area contributed by atoms with E-state index in [-0.39, 0.29) is 0 Å². The SMILES string of the molecule is C#C[Si](O)(C#C)c1ccccc1C. The molecule has 0 amide bonds. The van der Waals surface area contributed by atoms with Crippen molar-refractivity contribution < 1.29 is 4.80 Å². The van der Waals surface area contributed by atoms with Crippen LogP contribution in [0, 0.1) is 30.9 Å². The Labute approximate surface area is 79.6 Å². The topological polar surface area (TPSA) is 20.2 Å². The second-order valence-electron chi connectivity index (χ2n) is 2.81. The van der Waals surface area contributed by atoms with Gasteiger partial charge in [-0.3, -0.25) is 0 Å². The summed E-state index contributed by atoms with van der Waals surface area (Å²) in [5.41, 5.74) is 5.64. The summed E-state index contributed by atoms with van der Waals surface area (Å²) in [5.74, 6) is 0. The van der Waals surface area contributed by atoms with Gasteiger partial charge in [0.05, 0.1) is 0 Å². The molecule has 64 valence electrons. The second kappa shape index (κ2) is 3.49. The van der Waals surface area contributed by atoms with Gasteiger partial charge in [0.25, 0.3) is 0 Å². The Morgan fingerprint density at radius 1 is 1.23 bits per heavy atom. The zero-order valence-electron chi connectivity index (χ0n) is 7.41. The molecule has 1 aromatic carbocycles. The lowest BCUT2D eigenvalue weighted by atomic mass is 10.2. The molecular weight excluding hydrogens is 176 g/mol. The summed E-state index contributed by atoms with van der Waals surface area (Å²) in [6.45, 7) is 1.89. The molecule has 0 aromatic heterocycles. The molecule has 0 fully saturated rings. The second-order valence-corrected chi connectivity index (χ2v) is 5.35. The fourth-order valence-electron chi connectivity index (χ4n) is 1.18. The normalized spacial score (nSPS) is 10.2. The van der Waals surface area contributed by atoms with Gasteiger partial charge in [-0.05, 0) is 17.7 Å². The maximum absolute atomic E-state index is 9.95. The molecule has 0 atom stereocenters. The Hall–Kier alpha value is -1.48. The van der Waals surface area contributed by atoms with Crippen LogP contribution in [0.25, 0.3) is 0 Å². The molecule has 0 radical (unpaired) electrons.